The number of halogens is 1. The van der Waals surface area contributed by atoms with E-state index in [2.05, 4.69) is 22.2 Å². The summed E-state index contributed by atoms with van der Waals surface area (Å²) in [6.07, 6.45) is 4.72. The summed E-state index contributed by atoms with van der Waals surface area (Å²) in [7, 11) is 0. The average molecular weight is 479 g/mol. The molecule has 8 heteroatoms. The highest BCUT2D eigenvalue weighted by Crippen LogP contribution is 2.16. The van der Waals surface area contributed by atoms with E-state index in [1.54, 1.807) is 36.4 Å². The van der Waals surface area contributed by atoms with E-state index >= 15 is 0 Å². The van der Waals surface area contributed by atoms with E-state index in [-0.39, 0.29) is 29.8 Å². The number of hydrogen-bond donors (Lipinski definition) is 1. The van der Waals surface area contributed by atoms with E-state index in [4.69, 9.17) is 4.74 Å². The van der Waals surface area contributed by atoms with Gasteiger partial charge in [-0.1, -0.05) is 18.6 Å². The monoisotopic (exact) mass is 478 g/mol. The number of nitrogens with zero attached hydrogens (tertiary/aromatic N) is 3. The largest absolute Gasteiger partial charge is 0.472 e. The summed E-state index contributed by atoms with van der Waals surface area (Å²) in [5.41, 5.74) is 1.37. The first-order valence-electron chi connectivity index (χ1n) is 12.1. The number of piperidine rings is 1. The molecule has 0 spiro atoms. The van der Waals surface area contributed by atoms with Crippen LogP contribution < -0.4 is 15.6 Å². The number of aromatic nitrogens is 2. The first-order chi connectivity index (χ1) is 17.0. The Morgan fingerprint density at radius 3 is 2.74 bits per heavy atom. The van der Waals surface area contributed by atoms with Gasteiger partial charge in [-0.3, -0.25) is 9.59 Å². The zero-order valence-electron chi connectivity index (χ0n) is 20.0. The van der Waals surface area contributed by atoms with Gasteiger partial charge >= 0.3 is 0 Å². The third-order valence-corrected chi connectivity index (χ3v) is 6.27. The van der Waals surface area contributed by atoms with E-state index in [1.807, 2.05) is 0 Å². The lowest BCUT2D eigenvalue weighted by Gasteiger charge is -2.33. The molecule has 1 N–H and O–H groups in total. The molecule has 0 bridgehead atoms. The van der Waals surface area contributed by atoms with Crippen LogP contribution in [0, 0.1) is 5.82 Å². The molecule has 3 aromatic rings. The van der Waals surface area contributed by atoms with Gasteiger partial charge in [-0.2, -0.15) is 4.68 Å². The zero-order chi connectivity index (χ0) is 24.6. The molecule has 1 aromatic heterocycles. The summed E-state index contributed by atoms with van der Waals surface area (Å²) in [5.74, 6) is -0.251. The molecule has 1 unspecified atom stereocenters. The van der Waals surface area contributed by atoms with Crippen molar-refractivity contribution in [1.29, 1.82) is 0 Å². The molecule has 1 aliphatic rings. The number of likely N-dealkylation sites (tertiary alicyclic amines) is 1. The maximum Gasteiger partial charge on any atom is 0.271 e. The van der Waals surface area contributed by atoms with E-state index in [1.165, 1.54) is 48.2 Å². The molecular formula is C27H31FN4O3. The third-order valence-electron chi connectivity index (χ3n) is 6.27. The molecule has 2 aromatic carbocycles. The fraction of sp³-hybridized carbons (Fsp3) is 0.370. The van der Waals surface area contributed by atoms with E-state index < -0.39 is 0 Å². The van der Waals surface area contributed by atoms with Crippen molar-refractivity contribution in [2.75, 3.05) is 19.6 Å². The fourth-order valence-electron chi connectivity index (χ4n) is 4.27. The summed E-state index contributed by atoms with van der Waals surface area (Å²) in [6, 6.07) is 16.3. The van der Waals surface area contributed by atoms with Crippen molar-refractivity contribution in [1.82, 2.24) is 20.0 Å². The van der Waals surface area contributed by atoms with Gasteiger partial charge in [0.15, 0.2) is 0 Å². The predicted octanol–water partition coefficient (Wildman–Crippen LogP) is 3.94. The number of hydrogen-bond acceptors (Lipinski definition) is 5. The molecule has 1 aliphatic heterocycles. The van der Waals surface area contributed by atoms with Gasteiger partial charge in [0, 0.05) is 36.8 Å². The molecular weight excluding hydrogens is 447 g/mol. The lowest BCUT2D eigenvalue weighted by atomic mass is 10.0. The van der Waals surface area contributed by atoms with Crippen LogP contribution in [0.4, 0.5) is 4.39 Å². The minimum Gasteiger partial charge on any atom is -0.472 e. The molecule has 0 aliphatic carbocycles. The number of ether oxygens (including phenoxy) is 1. The SMILES string of the molecule is CC1CCCCN1CCCNC(=O)c1ccc(-n2nc(OCc3cccc(F)c3)ccc2=O)cc1. The highest BCUT2D eigenvalue weighted by Gasteiger charge is 2.17. The lowest BCUT2D eigenvalue weighted by Crippen LogP contribution is -2.39. The molecule has 1 fully saturated rings. The molecule has 0 radical (unpaired) electrons. The summed E-state index contributed by atoms with van der Waals surface area (Å²) < 4.78 is 20.2. The second-order valence-electron chi connectivity index (χ2n) is 8.88. The van der Waals surface area contributed by atoms with Crippen molar-refractivity contribution in [2.45, 2.75) is 45.3 Å². The Bertz CT molecular complexity index is 1200. The molecule has 7 nitrogen and oxygen atoms in total. The van der Waals surface area contributed by atoms with E-state index in [9.17, 15) is 14.0 Å². The molecule has 1 amide bonds. The first-order valence-corrected chi connectivity index (χ1v) is 12.1. The van der Waals surface area contributed by atoms with Gasteiger partial charge in [-0.15, -0.1) is 5.10 Å². The standard InChI is InChI=1S/C27H31FN4O3/c1-20-6-2-3-16-31(20)17-5-15-29-27(34)22-9-11-24(12-10-22)32-26(33)14-13-25(30-32)35-19-21-7-4-8-23(28)18-21/h4,7-14,18,20H,2-3,5-6,15-17,19H2,1H3,(H,29,34). The van der Waals surface area contributed by atoms with Gasteiger partial charge in [0.1, 0.15) is 12.4 Å². The summed E-state index contributed by atoms with van der Waals surface area (Å²) in [5, 5.41) is 7.22. The molecule has 2 heterocycles. The Kier molecular flexibility index (Phi) is 8.26. The molecule has 1 atom stereocenters. The number of amides is 1. The Morgan fingerprint density at radius 1 is 1.14 bits per heavy atom. The molecule has 0 saturated carbocycles. The maximum atomic E-state index is 13.4. The van der Waals surface area contributed by atoms with Crippen LogP contribution in [0.15, 0.2) is 65.5 Å². The molecule has 184 valence electrons. The Balaban J connectivity index is 1.32. The van der Waals surface area contributed by atoms with Gasteiger partial charge in [-0.25, -0.2) is 4.39 Å². The Labute approximate surface area is 204 Å². The van der Waals surface area contributed by atoms with Crippen LogP contribution in [0.3, 0.4) is 0 Å². The lowest BCUT2D eigenvalue weighted by molar-refractivity contribution is 0.0949. The number of carbonyl (C=O) groups is 1. The molecule has 4 rings (SSSR count). The summed E-state index contributed by atoms with van der Waals surface area (Å²) in [6.45, 7) is 5.15. The minimum atomic E-state index is -0.343. The van der Waals surface area contributed by atoms with Crippen molar-refractivity contribution in [3.05, 3.63) is 88.0 Å². The topological polar surface area (TPSA) is 76.5 Å². The number of benzene rings is 2. The maximum absolute atomic E-state index is 13.4. The van der Waals surface area contributed by atoms with Crippen molar-refractivity contribution in [3.63, 3.8) is 0 Å². The van der Waals surface area contributed by atoms with Crippen LogP contribution in [0.5, 0.6) is 5.88 Å². The van der Waals surface area contributed by atoms with Crippen LogP contribution in [0.1, 0.15) is 48.5 Å². The smallest absolute Gasteiger partial charge is 0.271 e. The van der Waals surface area contributed by atoms with Crippen molar-refractivity contribution >= 4 is 5.91 Å². The van der Waals surface area contributed by atoms with Crippen LogP contribution >= 0.6 is 0 Å². The van der Waals surface area contributed by atoms with Gasteiger partial charge in [0.2, 0.25) is 5.88 Å². The highest BCUT2D eigenvalue weighted by molar-refractivity contribution is 5.94. The van der Waals surface area contributed by atoms with Crippen LogP contribution in [0.2, 0.25) is 0 Å². The van der Waals surface area contributed by atoms with Crippen molar-refractivity contribution in [3.8, 4) is 11.6 Å². The van der Waals surface area contributed by atoms with Crippen molar-refractivity contribution in [2.24, 2.45) is 0 Å². The van der Waals surface area contributed by atoms with E-state index in [0.29, 0.717) is 29.4 Å². The highest BCUT2D eigenvalue weighted by atomic mass is 19.1. The number of carbonyl (C=O) groups excluding carboxylic acids is 1. The van der Waals surface area contributed by atoms with E-state index in [0.717, 1.165) is 19.5 Å². The van der Waals surface area contributed by atoms with Gasteiger partial charge in [0.05, 0.1) is 5.69 Å². The summed E-state index contributed by atoms with van der Waals surface area (Å²) >= 11 is 0. The normalized spacial score (nSPS) is 16.1. The minimum absolute atomic E-state index is 0.124. The summed E-state index contributed by atoms with van der Waals surface area (Å²) in [4.78, 5) is 27.4. The second-order valence-corrected chi connectivity index (χ2v) is 8.88. The Morgan fingerprint density at radius 2 is 1.97 bits per heavy atom. The van der Waals surface area contributed by atoms with Gasteiger partial charge in [-0.05, 0) is 74.7 Å². The molecule has 35 heavy (non-hydrogen) atoms. The number of rotatable bonds is 9. The number of nitrogens with one attached hydrogen (secondary N) is 1. The van der Waals surface area contributed by atoms with Crippen LogP contribution in [-0.2, 0) is 6.61 Å². The Hall–Kier alpha value is -3.52. The molecule has 1 saturated heterocycles. The quantitative estimate of drug-likeness (QED) is 0.472. The van der Waals surface area contributed by atoms with Gasteiger partial charge < -0.3 is 15.0 Å². The predicted molar refractivity (Wildman–Crippen MR) is 132 cm³/mol. The zero-order valence-corrected chi connectivity index (χ0v) is 20.0. The van der Waals surface area contributed by atoms with Crippen molar-refractivity contribution < 1.29 is 13.9 Å². The van der Waals surface area contributed by atoms with Gasteiger partial charge in [0.25, 0.3) is 11.5 Å². The van der Waals surface area contributed by atoms with Crippen LogP contribution in [0.25, 0.3) is 5.69 Å². The van der Waals surface area contributed by atoms with Crippen LogP contribution in [-0.4, -0.2) is 46.3 Å². The third kappa shape index (κ3) is 6.76. The fourth-order valence-corrected chi connectivity index (χ4v) is 4.27. The second kappa shape index (κ2) is 11.8. The first kappa shape index (κ1) is 24.6. The average Bonchev–Trinajstić information content (AvgIpc) is 2.87.